The molecule has 114 valence electrons. The zero-order valence-electron chi connectivity index (χ0n) is 12.0. The van der Waals surface area contributed by atoms with E-state index in [1.165, 1.54) is 7.11 Å². The maximum atomic E-state index is 12.3. The van der Waals surface area contributed by atoms with Crippen molar-refractivity contribution in [2.24, 2.45) is 0 Å². The number of hydrogen-bond donors (Lipinski definition) is 2. The molecule has 0 bridgehead atoms. The van der Waals surface area contributed by atoms with Crippen LogP contribution in [-0.2, 0) is 19.5 Å². The van der Waals surface area contributed by atoms with E-state index in [0.717, 1.165) is 0 Å². The standard InChI is InChI=1S/C13H22N2O4S/c1-4-14-12-7-5-6-8-13(12)20(16,17)15-9-11(19-3)10-18-2/h5-8,11,14-15H,4,9-10H2,1-3H3. The van der Waals surface area contributed by atoms with E-state index >= 15 is 0 Å². The van der Waals surface area contributed by atoms with E-state index in [9.17, 15) is 8.42 Å². The van der Waals surface area contributed by atoms with Gasteiger partial charge in [-0.1, -0.05) is 12.1 Å². The van der Waals surface area contributed by atoms with Gasteiger partial charge in [0.05, 0.1) is 18.4 Å². The highest BCUT2D eigenvalue weighted by atomic mass is 32.2. The molecule has 6 nitrogen and oxygen atoms in total. The molecule has 0 aliphatic heterocycles. The number of para-hydroxylation sites is 1. The minimum absolute atomic E-state index is 0.160. The summed E-state index contributed by atoms with van der Waals surface area (Å²) in [6.07, 6.45) is -0.318. The molecular weight excluding hydrogens is 280 g/mol. The number of nitrogens with one attached hydrogen (secondary N) is 2. The first-order valence-electron chi connectivity index (χ1n) is 6.39. The van der Waals surface area contributed by atoms with Crippen molar-refractivity contribution in [1.82, 2.24) is 4.72 Å². The Bertz CT molecular complexity index is 505. The first kappa shape index (κ1) is 16.9. The zero-order valence-corrected chi connectivity index (χ0v) is 12.9. The molecule has 0 fully saturated rings. The van der Waals surface area contributed by atoms with Crippen molar-refractivity contribution in [2.75, 3.05) is 39.2 Å². The summed E-state index contributed by atoms with van der Waals surface area (Å²) >= 11 is 0. The molecule has 1 aromatic carbocycles. The van der Waals surface area contributed by atoms with Crippen molar-refractivity contribution in [3.05, 3.63) is 24.3 Å². The second kappa shape index (κ2) is 8.21. The highest BCUT2D eigenvalue weighted by Gasteiger charge is 2.19. The summed E-state index contributed by atoms with van der Waals surface area (Å²) < 4.78 is 37.2. The van der Waals surface area contributed by atoms with Crippen LogP contribution in [0.25, 0.3) is 0 Å². The Morgan fingerprint density at radius 3 is 2.55 bits per heavy atom. The first-order valence-corrected chi connectivity index (χ1v) is 7.87. The van der Waals surface area contributed by atoms with Crippen molar-refractivity contribution >= 4 is 15.7 Å². The van der Waals surface area contributed by atoms with Crippen molar-refractivity contribution in [2.45, 2.75) is 17.9 Å². The van der Waals surface area contributed by atoms with Crippen molar-refractivity contribution in [1.29, 1.82) is 0 Å². The molecule has 0 aromatic heterocycles. The molecule has 2 N–H and O–H groups in total. The normalized spacial score (nSPS) is 13.2. The predicted molar refractivity (Wildman–Crippen MR) is 78.5 cm³/mol. The van der Waals surface area contributed by atoms with Crippen molar-refractivity contribution < 1.29 is 17.9 Å². The molecule has 1 rings (SSSR count). The number of methoxy groups -OCH3 is 2. The second-order valence-electron chi connectivity index (χ2n) is 4.19. The van der Waals surface area contributed by atoms with E-state index in [1.807, 2.05) is 6.92 Å². The smallest absolute Gasteiger partial charge is 0.242 e. The monoisotopic (exact) mass is 302 g/mol. The van der Waals surface area contributed by atoms with Crippen LogP contribution in [0.3, 0.4) is 0 Å². The molecule has 7 heteroatoms. The molecule has 20 heavy (non-hydrogen) atoms. The van der Waals surface area contributed by atoms with E-state index < -0.39 is 10.0 Å². The maximum absolute atomic E-state index is 12.3. The van der Waals surface area contributed by atoms with Crippen molar-refractivity contribution in [3.63, 3.8) is 0 Å². The van der Waals surface area contributed by atoms with Gasteiger partial charge in [-0.3, -0.25) is 0 Å². The Balaban J connectivity index is 2.83. The van der Waals surface area contributed by atoms with Crippen LogP contribution in [0, 0.1) is 0 Å². The lowest BCUT2D eigenvalue weighted by Crippen LogP contribution is -2.35. The molecule has 0 saturated heterocycles. The van der Waals surface area contributed by atoms with E-state index in [-0.39, 0.29) is 17.5 Å². The van der Waals surface area contributed by atoms with Crippen LogP contribution in [-0.4, -0.2) is 48.4 Å². The lowest BCUT2D eigenvalue weighted by Gasteiger charge is -2.16. The van der Waals surface area contributed by atoms with Gasteiger partial charge in [-0.15, -0.1) is 0 Å². The van der Waals surface area contributed by atoms with E-state index in [2.05, 4.69) is 10.0 Å². The summed E-state index contributed by atoms with van der Waals surface area (Å²) in [7, 11) is -0.524. The molecule has 1 atom stereocenters. The quantitative estimate of drug-likeness (QED) is 0.713. The molecular formula is C13H22N2O4S. The van der Waals surface area contributed by atoms with E-state index in [1.54, 1.807) is 31.4 Å². The lowest BCUT2D eigenvalue weighted by atomic mass is 10.3. The van der Waals surface area contributed by atoms with Gasteiger partial charge in [0.1, 0.15) is 4.90 Å². The number of ether oxygens (including phenoxy) is 2. The van der Waals surface area contributed by atoms with Crippen molar-refractivity contribution in [3.8, 4) is 0 Å². The third-order valence-electron chi connectivity index (χ3n) is 2.73. The van der Waals surface area contributed by atoms with Crippen LogP contribution in [0.2, 0.25) is 0 Å². The minimum Gasteiger partial charge on any atom is -0.384 e. The van der Waals surface area contributed by atoms with Gasteiger partial charge >= 0.3 is 0 Å². The van der Waals surface area contributed by atoms with Gasteiger partial charge in [0.2, 0.25) is 10.0 Å². The third kappa shape index (κ3) is 4.75. The van der Waals surface area contributed by atoms with Gasteiger partial charge in [0, 0.05) is 27.3 Å². The summed E-state index contributed by atoms with van der Waals surface area (Å²) in [5.41, 5.74) is 0.586. The van der Waals surface area contributed by atoms with Gasteiger partial charge < -0.3 is 14.8 Å². The average molecular weight is 302 g/mol. The molecule has 1 aromatic rings. The fourth-order valence-corrected chi connectivity index (χ4v) is 2.96. The maximum Gasteiger partial charge on any atom is 0.242 e. The molecule has 0 heterocycles. The van der Waals surface area contributed by atoms with Crippen LogP contribution in [0.5, 0.6) is 0 Å². The summed E-state index contributed by atoms with van der Waals surface area (Å²) in [6, 6.07) is 6.79. The number of sulfonamides is 1. The molecule has 0 saturated carbocycles. The first-order chi connectivity index (χ1) is 9.55. The van der Waals surface area contributed by atoms with Crippen LogP contribution in [0.4, 0.5) is 5.69 Å². The van der Waals surface area contributed by atoms with Crippen LogP contribution >= 0.6 is 0 Å². The van der Waals surface area contributed by atoms with Gasteiger partial charge in [0.15, 0.2) is 0 Å². The fourth-order valence-electron chi connectivity index (χ4n) is 1.71. The summed E-state index contributed by atoms with van der Waals surface area (Å²) in [5, 5.41) is 3.03. The number of anilines is 1. The summed E-state index contributed by atoms with van der Waals surface area (Å²) in [4.78, 5) is 0.231. The van der Waals surface area contributed by atoms with Gasteiger partial charge in [-0.25, -0.2) is 13.1 Å². The Morgan fingerprint density at radius 1 is 1.25 bits per heavy atom. The van der Waals surface area contributed by atoms with Gasteiger partial charge in [0.25, 0.3) is 0 Å². The molecule has 0 aliphatic rings. The highest BCUT2D eigenvalue weighted by molar-refractivity contribution is 7.89. The molecule has 0 amide bonds. The lowest BCUT2D eigenvalue weighted by molar-refractivity contribution is 0.0320. The van der Waals surface area contributed by atoms with E-state index in [0.29, 0.717) is 18.8 Å². The third-order valence-corrected chi connectivity index (χ3v) is 4.21. The van der Waals surface area contributed by atoms with Crippen LogP contribution < -0.4 is 10.0 Å². The van der Waals surface area contributed by atoms with E-state index in [4.69, 9.17) is 9.47 Å². The average Bonchev–Trinajstić information content (AvgIpc) is 2.44. The highest BCUT2D eigenvalue weighted by Crippen LogP contribution is 2.20. The van der Waals surface area contributed by atoms with Crippen LogP contribution in [0.1, 0.15) is 6.92 Å². The Labute approximate surface area is 120 Å². The van der Waals surface area contributed by atoms with Gasteiger partial charge in [-0.2, -0.15) is 0 Å². The second-order valence-corrected chi connectivity index (χ2v) is 5.93. The predicted octanol–water partition coefficient (Wildman–Crippen LogP) is 1.06. The molecule has 1 unspecified atom stereocenters. The zero-order chi connectivity index (χ0) is 15.0. The Kier molecular flexibility index (Phi) is 6.94. The van der Waals surface area contributed by atoms with Crippen LogP contribution in [0.15, 0.2) is 29.2 Å². The molecule has 0 radical (unpaired) electrons. The largest absolute Gasteiger partial charge is 0.384 e. The Hall–Kier alpha value is -1.15. The molecule has 0 aliphatic carbocycles. The summed E-state index contributed by atoms with van der Waals surface area (Å²) in [6.45, 7) is 3.05. The minimum atomic E-state index is -3.58. The fraction of sp³-hybridized carbons (Fsp3) is 0.538. The topological polar surface area (TPSA) is 76.7 Å². The summed E-state index contributed by atoms with van der Waals surface area (Å²) in [5.74, 6) is 0. The number of benzene rings is 1. The number of rotatable bonds is 9. The van der Waals surface area contributed by atoms with Gasteiger partial charge in [-0.05, 0) is 19.1 Å². The SMILES string of the molecule is CCNc1ccccc1S(=O)(=O)NCC(COC)OC. The number of hydrogen-bond acceptors (Lipinski definition) is 5. The Morgan fingerprint density at radius 2 is 1.95 bits per heavy atom. The molecule has 0 spiro atoms.